The standard InChI is InChI=1S/C73H142O17P2/c1-5-9-13-17-21-25-28-30-31-32-33-34-35-36-37-38-41-44-48-52-56-60-73(78)90-69(64-84-71(76)58-54-50-46-42-40-29-26-22-18-14-10-6-2)66-88-92(81,82)86-62-67(74)61-85-91(79,80)87-65-68(63-83-70(75)57-53-49-45-24-20-16-12-8-4)89-72(77)59-55-51-47-43-39-27-23-19-15-11-7-3/h67-69,74H,5-66H2,1-4H3,(H,79,80)(H,81,82)/t67-,68+,69+/m0/s1. The zero-order valence-electron chi connectivity index (χ0n) is 59.5. The molecular weight excluding hydrogens is 1210 g/mol. The highest BCUT2D eigenvalue weighted by molar-refractivity contribution is 7.47. The van der Waals surface area contributed by atoms with Crippen LogP contribution in [0.4, 0.5) is 0 Å². The number of hydrogen-bond donors (Lipinski definition) is 3. The fraction of sp³-hybridized carbons (Fsp3) is 0.945. The molecule has 17 nitrogen and oxygen atoms in total. The third-order valence-electron chi connectivity index (χ3n) is 17.1. The molecule has 0 saturated heterocycles. The number of esters is 4. The summed E-state index contributed by atoms with van der Waals surface area (Å²) < 4.78 is 68.3. The van der Waals surface area contributed by atoms with Gasteiger partial charge in [0.2, 0.25) is 0 Å². The van der Waals surface area contributed by atoms with Crippen molar-refractivity contribution < 1.29 is 80.2 Å². The first-order valence-electron chi connectivity index (χ1n) is 38.3. The predicted octanol–water partition coefficient (Wildman–Crippen LogP) is 21.4. The molecule has 0 bridgehead atoms. The summed E-state index contributed by atoms with van der Waals surface area (Å²) in [5.74, 6) is -2.12. The Morgan fingerprint density at radius 1 is 0.261 bits per heavy atom. The van der Waals surface area contributed by atoms with Gasteiger partial charge in [-0.25, -0.2) is 9.13 Å². The molecule has 0 spiro atoms. The molecule has 0 aromatic rings. The van der Waals surface area contributed by atoms with Gasteiger partial charge in [0, 0.05) is 25.7 Å². The Morgan fingerprint density at radius 2 is 0.435 bits per heavy atom. The van der Waals surface area contributed by atoms with Crippen molar-refractivity contribution in [1.29, 1.82) is 0 Å². The molecule has 0 aromatic heterocycles. The average molecular weight is 1350 g/mol. The topological polar surface area (TPSA) is 237 Å². The highest BCUT2D eigenvalue weighted by Crippen LogP contribution is 2.45. The van der Waals surface area contributed by atoms with E-state index in [0.717, 1.165) is 96.3 Å². The smallest absolute Gasteiger partial charge is 0.462 e. The molecule has 0 rings (SSSR count). The molecule has 0 radical (unpaired) electrons. The number of phosphoric acid groups is 2. The molecule has 0 heterocycles. The Kier molecular flexibility index (Phi) is 66.2. The van der Waals surface area contributed by atoms with Crippen molar-refractivity contribution in [3.8, 4) is 0 Å². The Balaban J connectivity index is 5.15. The number of unbranched alkanes of at least 4 members (excludes halogenated alkanes) is 48. The largest absolute Gasteiger partial charge is 0.472 e. The molecule has 0 aliphatic heterocycles. The molecule has 0 aliphatic carbocycles. The number of phosphoric ester groups is 2. The lowest BCUT2D eigenvalue weighted by Gasteiger charge is -2.21. The van der Waals surface area contributed by atoms with E-state index in [4.69, 9.17) is 37.0 Å². The van der Waals surface area contributed by atoms with Crippen LogP contribution in [-0.2, 0) is 65.4 Å². The number of aliphatic hydroxyl groups is 1. The van der Waals surface area contributed by atoms with Crippen molar-refractivity contribution in [1.82, 2.24) is 0 Å². The van der Waals surface area contributed by atoms with Crippen LogP contribution in [0.3, 0.4) is 0 Å². The van der Waals surface area contributed by atoms with Gasteiger partial charge in [-0.15, -0.1) is 0 Å². The summed E-state index contributed by atoms with van der Waals surface area (Å²) in [4.78, 5) is 72.5. The molecule has 3 N–H and O–H groups in total. The first-order chi connectivity index (χ1) is 44.7. The lowest BCUT2D eigenvalue weighted by molar-refractivity contribution is -0.161. The fourth-order valence-corrected chi connectivity index (χ4v) is 12.8. The first kappa shape index (κ1) is 90.1. The molecule has 19 heteroatoms. The van der Waals surface area contributed by atoms with Gasteiger partial charge < -0.3 is 33.8 Å². The zero-order valence-corrected chi connectivity index (χ0v) is 61.3. The van der Waals surface area contributed by atoms with Crippen LogP contribution in [0.1, 0.15) is 387 Å². The Labute approximate surface area is 562 Å². The quantitative estimate of drug-likeness (QED) is 0.0222. The average Bonchev–Trinajstić information content (AvgIpc) is 3.75. The van der Waals surface area contributed by atoms with Crippen molar-refractivity contribution in [2.75, 3.05) is 39.6 Å². The molecule has 0 fully saturated rings. The molecule has 0 aromatic carbocycles. The summed E-state index contributed by atoms with van der Waals surface area (Å²) in [5.41, 5.74) is 0. The van der Waals surface area contributed by atoms with Crippen molar-refractivity contribution >= 4 is 39.5 Å². The van der Waals surface area contributed by atoms with Crippen molar-refractivity contribution in [2.24, 2.45) is 0 Å². The van der Waals surface area contributed by atoms with E-state index in [0.29, 0.717) is 25.7 Å². The highest BCUT2D eigenvalue weighted by atomic mass is 31.2. The summed E-state index contributed by atoms with van der Waals surface area (Å²) in [6.07, 6.45) is 57.0. The van der Waals surface area contributed by atoms with Crippen molar-refractivity contribution in [3.63, 3.8) is 0 Å². The first-order valence-corrected chi connectivity index (χ1v) is 41.3. The molecule has 0 amide bonds. The van der Waals surface area contributed by atoms with Crippen LogP contribution >= 0.6 is 15.6 Å². The number of aliphatic hydroxyl groups excluding tert-OH is 1. The minimum Gasteiger partial charge on any atom is -0.462 e. The fourth-order valence-electron chi connectivity index (χ4n) is 11.2. The summed E-state index contributed by atoms with van der Waals surface area (Å²) in [5, 5.41) is 10.6. The molecule has 0 saturated carbocycles. The van der Waals surface area contributed by atoms with Gasteiger partial charge in [-0.3, -0.25) is 37.3 Å². The van der Waals surface area contributed by atoms with E-state index >= 15 is 0 Å². The number of carbonyl (C=O) groups excluding carboxylic acids is 4. The lowest BCUT2D eigenvalue weighted by atomic mass is 10.0. The number of hydrogen-bond acceptors (Lipinski definition) is 15. The lowest BCUT2D eigenvalue weighted by Crippen LogP contribution is -2.30. The van der Waals surface area contributed by atoms with Crippen LogP contribution in [0.5, 0.6) is 0 Å². The minimum atomic E-state index is -4.95. The van der Waals surface area contributed by atoms with Gasteiger partial charge in [-0.1, -0.05) is 336 Å². The van der Waals surface area contributed by atoms with Crippen LogP contribution in [-0.4, -0.2) is 96.7 Å². The van der Waals surface area contributed by atoms with Gasteiger partial charge in [-0.05, 0) is 25.7 Å². The summed E-state index contributed by atoms with van der Waals surface area (Å²) >= 11 is 0. The molecule has 92 heavy (non-hydrogen) atoms. The second kappa shape index (κ2) is 67.6. The van der Waals surface area contributed by atoms with E-state index in [1.54, 1.807) is 0 Å². The molecule has 2 unspecified atom stereocenters. The minimum absolute atomic E-state index is 0.107. The van der Waals surface area contributed by atoms with Crippen LogP contribution < -0.4 is 0 Å². The molecular formula is C73H142O17P2. The molecule has 5 atom stereocenters. The molecule has 0 aliphatic rings. The van der Waals surface area contributed by atoms with Crippen LogP contribution in [0, 0.1) is 0 Å². The number of ether oxygens (including phenoxy) is 4. The highest BCUT2D eigenvalue weighted by Gasteiger charge is 2.30. The van der Waals surface area contributed by atoms with E-state index in [9.17, 15) is 43.2 Å². The van der Waals surface area contributed by atoms with Crippen LogP contribution in [0.15, 0.2) is 0 Å². The summed E-state index contributed by atoms with van der Waals surface area (Å²) in [6, 6.07) is 0. The Bertz CT molecular complexity index is 1760. The third-order valence-corrected chi connectivity index (χ3v) is 19.0. The monoisotopic (exact) mass is 1350 g/mol. The van der Waals surface area contributed by atoms with Crippen molar-refractivity contribution in [2.45, 2.75) is 406 Å². The number of rotatable bonds is 74. The maximum Gasteiger partial charge on any atom is 0.472 e. The van der Waals surface area contributed by atoms with E-state index < -0.39 is 97.5 Å². The van der Waals surface area contributed by atoms with Crippen LogP contribution in [0.2, 0.25) is 0 Å². The maximum atomic E-state index is 13.0. The molecule has 546 valence electrons. The van der Waals surface area contributed by atoms with Gasteiger partial charge in [0.1, 0.15) is 19.3 Å². The Morgan fingerprint density at radius 3 is 0.641 bits per heavy atom. The summed E-state index contributed by atoms with van der Waals surface area (Å²) in [6.45, 7) is 4.93. The number of carbonyl (C=O) groups is 4. The van der Waals surface area contributed by atoms with Gasteiger partial charge in [-0.2, -0.15) is 0 Å². The van der Waals surface area contributed by atoms with Gasteiger partial charge >= 0.3 is 39.5 Å². The second-order valence-corrected chi connectivity index (χ2v) is 29.2. The van der Waals surface area contributed by atoms with E-state index in [-0.39, 0.29) is 25.7 Å². The van der Waals surface area contributed by atoms with Crippen molar-refractivity contribution in [3.05, 3.63) is 0 Å². The van der Waals surface area contributed by atoms with Gasteiger partial charge in [0.15, 0.2) is 12.2 Å². The third kappa shape index (κ3) is 66.7. The predicted molar refractivity (Wildman–Crippen MR) is 372 cm³/mol. The second-order valence-electron chi connectivity index (χ2n) is 26.3. The SMILES string of the molecule is CCCCCCCCCCCCCCCCCCCCCCCC(=O)O[C@H](COC(=O)CCCCCCCCCCCCCC)COP(=O)(O)OC[C@@H](O)COP(=O)(O)OC[C@@H](COC(=O)CCCCCCCCCC)OC(=O)CCCCCCCCCCCCC. The van der Waals surface area contributed by atoms with Crippen LogP contribution in [0.25, 0.3) is 0 Å². The van der Waals surface area contributed by atoms with E-state index in [1.807, 2.05) is 0 Å². The van der Waals surface area contributed by atoms with E-state index in [1.165, 1.54) is 212 Å². The normalized spacial score (nSPS) is 13.9. The zero-order chi connectivity index (χ0) is 67.5. The Hall–Kier alpha value is -1.94. The van der Waals surface area contributed by atoms with E-state index in [2.05, 4.69) is 27.7 Å². The van der Waals surface area contributed by atoms with Gasteiger partial charge in [0.25, 0.3) is 0 Å². The summed E-state index contributed by atoms with van der Waals surface area (Å²) in [7, 11) is -9.90. The van der Waals surface area contributed by atoms with Gasteiger partial charge in [0.05, 0.1) is 26.4 Å². The maximum absolute atomic E-state index is 13.0.